The minimum atomic E-state index is -0.891. The van der Waals surface area contributed by atoms with Crippen LogP contribution in [0.4, 0.5) is 4.79 Å². The summed E-state index contributed by atoms with van der Waals surface area (Å²) in [5.41, 5.74) is 0.0350. The second-order valence-electron chi connectivity index (χ2n) is 5.93. The van der Waals surface area contributed by atoms with Gasteiger partial charge in [-0.2, -0.15) is 0 Å². The van der Waals surface area contributed by atoms with Gasteiger partial charge in [0, 0.05) is 6.42 Å². The third-order valence-electron chi connectivity index (χ3n) is 4.37. The van der Waals surface area contributed by atoms with Gasteiger partial charge in [0.15, 0.2) is 5.60 Å². The number of ether oxygens (including phenoxy) is 3. The summed E-state index contributed by atoms with van der Waals surface area (Å²) in [5, 5.41) is 2.81. The Kier molecular flexibility index (Phi) is 4.52. The first-order valence-corrected chi connectivity index (χ1v) is 7.95. The molecule has 3 unspecified atom stereocenters. The average molecular weight is 319 g/mol. The minimum Gasteiger partial charge on any atom is -0.464 e. The van der Waals surface area contributed by atoms with Crippen LogP contribution in [0.1, 0.15) is 31.7 Å². The molecule has 0 aromatic heterocycles. The summed E-state index contributed by atoms with van der Waals surface area (Å²) < 4.78 is 16.1. The van der Waals surface area contributed by atoms with Gasteiger partial charge in [0.25, 0.3) is 0 Å². The number of benzene rings is 1. The molecule has 3 atom stereocenters. The van der Waals surface area contributed by atoms with E-state index < -0.39 is 11.7 Å². The largest absolute Gasteiger partial charge is 0.464 e. The topological polar surface area (TPSA) is 73.9 Å². The maximum Gasteiger partial charge on any atom is 0.407 e. The van der Waals surface area contributed by atoms with Gasteiger partial charge in [0.05, 0.1) is 18.8 Å². The van der Waals surface area contributed by atoms with Gasteiger partial charge in [-0.15, -0.1) is 0 Å². The van der Waals surface area contributed by atoms with Crippen molar-refractivity contribution in [3.8, 4) is 0 Å². The molecule has 23 heavy (non-hydrogen) atoms. The highest BCUT2D eigenvalue weighted by molar-refractivity contribution is 5.81. The second kappa shape index (κ2) is 6.58. The molecule has 0 radical (unpaired) electrons. The fourth-order valence-corrected chi connectivity index (χ4v) is 3.26. The molecule has 124 valence electrons. The van der Waals surface area contributed by atoms with E-state index in [0.29, 0.717) is 19.4 Å². The summed E-state index contributed by atoms with van der Waals surface area (Å²) in [4.78, 5) is 24.0. The highest BCUT2D eigenvalue weighted by atomic mass is 16.6. The van der Waals surface area contributed by atoms with Crippen LogP contribution in [-0.4, -0.2) is 36.4 Å². The average Bonchev–Trinajstić information content (AvgIpc) is 3.14. The quantitative estimate of drug-likeness (QED) is 0.842. The number of hydrogen-bond acceptors (Lipinski definition) is 5. The van der Waals surface area contributed by atoms with Gasteiger partial charge in [-0.25, -0.2) is 9.59 Å². The van der Waals surface area contributed by atoms with Crippen molar-refractivity contribution >= 4 is 12.1 Å². The first-order valence-electron chi connectivity index (χ1n) is 7.95. The summed E-state index contributed by atoms with van der Waals surface area (Å²) in [6.07, 6.45) is 1.19. The van der Waals surface area contributed by atoms with Crippen LogP contribution in [0.25, 0.3) is 0 Å². The standard InChI is InChI=1S/C17H21NO5/c1-2-21-15(19)17-9-8-14(23-17)13(10-17)18-16(20)22-11-12-6-4-3-5-7-12/h3-7,13-14H,2,8-11H2,1H3,(H,18,20). The summed E-state index contributed by atoms with van der Waals surface area (Å²) in [6, 6.07) is 9.27. The molecule has 1 amide bonds. The van der Waals surface area contributed by atoms with E-state index in [2.05, 4.69) is 5.32 Å². The van der Waals surface area contributed by atoms with E-state index in [-0.39, 0.29) is 24.7 Å². The van der Waals surface area contributed by atoms with Gasteiger partial charge in [-0.1, -0.05) is 30.3 Å². The molecular formula is C17H21NO5. The zero-order valence-electron chi connectivity index (χ0n) is 13.1. The van der Waals surface area contributed by atoms with Crippen LogP contribution in [0.3, 0.4) is 0 Å². The predicted octanol–water partition coefficient (Wildman–Crippen LogP) is 2.17. The van der Waals surface area contributed by atoms with Crippen molar-refractivity contribution in [3.05, 3.63) is 35.9 Å². The summed E-state index contributed by atoms with van der Waals surface area (Å²) >= 11 is 0. The maximum absolute atomic E-state index is 12.1. The molecular weight excluding hydrogens is 298 g/mol. The molecule has 0 aliphatic carbocycles. The highest BCUT2D eigenvalue weighted by Crippen LogP contribution is 2.44. The smallest absolute Gasteiger partial charge is 0.407 e. The first-order chi connectivity index (χ1) is 11.1. The molecule has 2 fully saturated rings. The second-order valence-corrected chi connectivity index (χ2v) is 5.93. The van der Waals surface area contributed by atoms with Crippen molar-refractivity contribution in [1.82, 2.24) is 5.32 Å². The van der Waals surface area contributed by atoms with Crippen LogP contribution in [0.5, 0.6) is 0 Å². The lowest BCUT2D eigenvalue weighted by atomic mass is 9.85. The summed E-state index contributed by atoms with van der Waals surface area (Å²) in [5.74, 6) is -0.329. The molecule has 2 saturated heterocycles. The maximum atomic E-state index is 12.1. The van der Waals surface area contributed by atoms with E-state index in [4.69, 9.17) is 14.2 Å². The van der Waals surface area contributed by atoms with Crippen molar-refractivity contribution in [1.29, 1.82) is 0 Å². The molecule has 2 heterocycles. The van der Waals surface area contributed by atoms with Gasteiger partial charge < -0.3 is 19.5 Å². The van der Waals surface area contributed by atoms with E-state index in [1.165, 1.54) is 0 Å². The molecule has 3 rings (SSSR count). The Balaban J connectivity index is 1.51. The SMILES string of the molecule is CCOC(=O)C12CCC(O1)C(NC(=O)OCc1ccccc1)C2. The lowest BCUT2D eigenvalue weighted by Gasteiger charge is -2.25. The third-order valence-corrected chi connectivity index (χ3v) is 4.37. The molecule has 6 nitrogen and oxygen atoms in total. The molecule has 1 aromatic carbocycles. The van der Waals surface area contributed by atoms with Crippen molar-refractivity contribution in [2.45, 2.75) is 50.5 Å². The van der Waals surface area contributed by atoms with Gasteiger partial charge in [0.2, 0.25) is 0 Å². The molecule has 1 N–H and O–H groups in total. The summed E-state index contributed by atoms with van der Waals surface area (Å²) in [7, 11) is 0. The van der Waals surface area contributed by atoms with Crippen LogP contribution in [-0.2, 0) is 25.6 Å². The van der Waals surface area contributed by atoms with Crippen LogP contribution in [0.2, 0.25) is 0 Å². The number of fused-ring (bicyclic) bond motifs is 2. The third kappa shape index (κ3) is 3.32. The zero-order valence-corrected chi connectivity index (χ0v) is 13.1. The van der Waals surface area contributed by atoms with Gasteiger partial charge in [0.1, 0.15) is 6.61 Å². The number of hydrogen-bond donors (Lipinski definition) is 1. The van der Waals surface area contributed by atoms with Crippen molar-refractivity contribution < 1.29 is 23.8 Å². The van der Waals surface area contributed by atoms with E-state index >= 15 is 0 Å². The first kappa shape index (κ1) is 15.8. The Morgan fingerprint density at radius 2 is 2.09 bits per heavy atom. The summed E-state index contributed by atoms with van der Waals surface area (Å²) in [6.45, 7) is 2.31. The zero-order chi connectivity index (χ0) is 16.3. The molecule has 6 heteroatoms. The molecule has 1 aromatic rings. The van der Waals surface area contributed by atoms with Gasteiger partial charge in [-0.05, 0) is 25.3 Å². The Morgan fingerprint density at radius 3 is 2.83 bits per heavy atom. The fraction of sp³-hybridized carbons (Fsp3) is 0.529. The molecule has 0 saturated carbocycles. The number of nitrogens with one attached hydrogen (secondary N) is 1. The number of esters is 1. The van der Waals surface area contributed by atoms with E-state index in [1.807, 2.05) is 30.3 Å². The van der Waals surface area contributed by atoms with Gasteiger partial charge >= 0.3 is 12.1 Å². The Hall–Kier alpha value is -2.08. The number of amides is 1. The Morgan fingerprint density at radius 1 is 1.30 bits per heavy atom. The lowest BCUT2D eigenvalue weighted by Crippen LogP contribution is -2.45. The Bertz CT molecular complexity index is 576. The molecule has 2 aliphatic heterocycles. The highest BCUT2D eigenvalue weighted by Gasteiger charge is 2.58. The Labute approximate surface area is 135 Å². The minimum absolute atomic E-state index is 0.149. The normalized spacial score (nSPS) is 28.4. The van der Waals surface area contributed by atoms with E-state index in [9.17, 15) is 9.59 Å². The van der Waals surface area contributed by atoms with Crippen molar-refractivity contribution in [2.24, 2.45) is 0 Å². The van der Waals surface area contributed by atoms with Crippen molar-refractivity contribution in [3.63, 3.8) is 0 Å². The number of carbonyl (C=O) groups is 2. The van der Waals surface area contributed by atoms with Crippen LogP contribution in [0.15, 0.2) is 30.3 Å². The molecule has 0 spiro atoms. The lowest BCUT2D eigenvalue weighted by molar-refractivity contribution is -0.164. The van der Waals surface area contributed by atoms with E-state index in [1.54, 1.807) is 6.92 Å². The van der Waals surface area contributed by atoms with Gasteiger partial charge in [-0.3, -0.25) is 0 Å². The predicted molar refractivity (Wildman–Crippen MR) is 81.6 cm³/mol. The molecule has 2 bridgehead atoms. The van der Waals surface area contributed by atoms with Crippen LogP contribution in [0, 0.1) is 0 Å². The fourth-order valence-electron chi connectivity index (χ4n) is 3.26. The number of carbonyl (C=O) groups excluding carboxylic acids is 2. The number of alkyl carbamates (subject to hydrolysis) is 1. The van der Waals surface area contributed by atoms with E-state index in [0.717, 1.165) is 12.0 Å². The monoisotopic (exact) mass is 319 g/mol. The van der Waals surface area contributed by atoms with Crippen molar-refractivity contribution in [2.75, 3.05) is 6.61 Å². The number of rotatable bonds is 5. The molecule has 2 aliphatic rings. The van der Waals surface area contributed by atoms with Crippen LogP contribution >= 0.6 is 0 Å². The van der Waals surface area contributed by atoms with Crippen LogP contribution < -0.4 is 5.32 Å².